The monoisotopic (exact) mass is 354 g/mol. The van der Waals surface area contributed by atoms with Gasteiger partial charge in [-0.1, -0.05) is 38.1 Å². The number of carbonyl (C=O) groups excluding carboxylic acids is 1. The predicted molar refractivity (Wildman–Crippen MR) is 101 cm³/mol. The highest BCUT2D eigenvalue weighted by Crippen LogP contribution is 2.26. The number of hydrogen-bond acceptors (Lipinski definition) is 4. The lowest BCUT2D eigenvalue weighted by molar-refractivity contribution is 0.0949. The number of aromatic nitrogens is 3. The first-order chi connectivity index (χ1) is 12.3. The van der Waals surface area contributed by atoms with E-state index in [9.17, 15) is 4.79 Å². The predicted octanol–water partition coefficient (Wildman–Crippen LogP) is 3.76. The Hall–Kier alpha value is -2.63. The fourth-order valence-corrected chi connectivity index (χ4v) is 3.16. The molecule has 0 aliphatic heterocycles. The molecule has 0 bridgehead atoms. The molecule has 0 saturated heterocycles. The van der Waals surface area contributed by atoms with Crippen molar-refractivity contribution >= 4 is 16.9 Å². The van der Waals surface area contributed by atoms with Crippen molar-refractivity contribution in [1.29, 1.82) is 0 Å². The Morgan fingerprint density at radius 2 is 1.96 bits per heavy atom. The first-order valence-electron chi connectivity index (χ1n) is 8.96. The van der Waals surface area contributed by atoms with E-state index in [2.05, 4.69) is 26.1 Å². The van der Waals surface area contributed by atoms with Crippen LogP contribution < -0.4 is 5.32 Å². The Morgan fingerprint density at radius 3 is 2.69 bits per heavy atom. The number of rotatable bonds is 5. The molecule has 26 heavy (non-hydrogen) atoms. The summed E-state index contributed by atoms with van der Waals surface area (Å²) in [5.74, 6) is 1.42. The van der Waals surface area contributed by atoms with Crippen LogP contribution in [0.1, 0.15) is 54.8 Å². The van der Waals surface area contributed by atoms with Gasteiger partial charge in [0.15, 0.2) is 0 Å². The van der Waals surface area contributed by atoms with Crippen LogP contribution in [0, 0.1) is 13.8 Å². The Kier molecular flexibility index (Phi) is 4.85. The van der Waals surface area contributed by atoms with Gasteiger partial charge >= 0.3 is 0 Å². The molecular weight excluding hydrogens is 328 g/mol. The van der Waals surface area contributed by atoms with Crippen molar-refractivity contribution < 1.29 is 9.32 Å². The molecule has 0 aliphatic carbocycles. The molecule has 3 aromatic rings. The molecule has 1 amide bonds. The van der Waals surface area contributed by atoms with Gasteiger partial charge in [0.25, 0.3) is 5.91 Å². The summed E-state index contributed by atoms with van der Waals surface area (Å²) in [6, 6.07) is 8.10. The topological polar surface area (TPSA) is 73.0 Å². The van der Waals surface area contributed by atoms with Crippen molar-refractivity contribution in [2.24, 2.45) is 0 Å². The fraction of sp³-hybridized carbons (Fsp3) is 0.450. The average molecular weight is 354 g/mol. The number of imidazole rings is 1. The summed E-state index contributed by atoms with van der Waals surface area (Å²) in [7, 11) is 0. The minimum absolute atomic E-state index is 0.124. The molecule has 0 aliphatic rings. The van der Waals surface area contributed by atoms with Gasteiger partial charge in [0.2, 0.25) is 0 Å². The highest BCUT2D eigenvalue weighted by atomic mass is 16.5. The molecular formula is C20H26N4O2. The van der Waals surface area contributed by atoms with Gasteiger partial charge in [0, 0.05) is 18.5 Å². The van der Waals surface area contributed by atoms with Crippen molar-refractivity contribution in [3.8, 4) is 0 Å². The summed E-state index contributed by atoms with van der Waals surface area (Å²) < 4.78 is 7.44. The van der Waals surface area contributed by atoms with Crippen molar-refractivity contribution in [2.75, 3.05) is 6.54 Å². The molecule has 0 radical (unpaired) electrons. The molecule has 2 aromatic heterocycles. The van der Waals surface area contributed by atoms with Crippen LogP contribution >= 0.6 is 0 Å². The summed E-state index contributed by atoms with van der Waals surface area (Å²) in [5, 5.41) is 7.07. The van der Waals surface area contributed by atoms with E-state index in [1.807, 2.05) is 45.9 Å². The highest BCUT2D eigenvalue weighted by molar-refractivity contribution is 5.96. The summed E-state index contributed by atoms with van der Waals surface area (Å²) in [4.78, 5) is 17.2. The van der Waals surface area contributed by atoms with E-state index >= 15 is 0 Å². The third kappa shape index (κ3) is 3.49. The van der Waals surface area contributed by atoms with Crippen LogP contribution in [-0.4, -0.2) is 27.2 Å². The summed E-state index contributed by atoms with van der Waals surface area (Å²) >= 11 is 0. The SMILES string of the molecule is Cc1onc(C(C)(C)C)c1C(=O)NCCCn1c(C)nc2ccccc21. The van der Waals surface area contributed by atoms with E-state index in [4.69, 9.17) is 4.52 Å². The van der Waals surface area contributed by atoms with Crippen molar-refractivity contribution in [3.63, 3.8) is 0 Å². The maximum absolute atomic E-state index is 12.6. The van der Waals surface area contributed by atoms with Crippen LogP contribution in [0.2, 0.25) is 0 Å². The minimum atomic E-state index is -0.239. The van der Waals surface area contributed by atoms with Crippen LogP contribution in [0.3, 0.4) is 0 Å². The molecule has 0 atom stereocenters. The summed E-state index contributed by atoms with van der Waals surface area (Å²) in [6.07, 6.45) is 0.822. The van der Waals surface area contributed by atoms with Crippen molar-refractivity contribution in [3.05, 3.63) is 47.1 Å². The number of amides is 1. The van der Waals surface area contributed by atoms with E-state index in [-0.39, 0.29) is 11.3 Å². The highest BCUT2D eigenvalue weighted by Gasteiger charge is 2.28. The number of nitrogens with one attached hydrogen (secondary N) is 1. The molecule has 138 valence electrons. The van der Waals surface area contributed by atoms with Gasteiger partial charge in [-0.2, -0.15) is 0 Å². The van der Waals surface area contributed by atoms with Crippen LogP contribution in [0.15, 0.2) is 28.8 Å². The number of fused-ring (bicyclic) bond motifs is 1. The van der Waals surface area contributed by atoms with Gasteiger partial charge in [-0.3, -0.25) is 4.79 Å². The van der Waals surface area contributed by atoms with E-state index in [1.165, 1.54) is 0 Å². The van der Waals surface area contributed by atoms with Crippen molar-refractivity contribution in [1.82, 2.24) is 20.0 Å². The standard InChI is InChI=1S/C20H26N4O2/c1-13-17(18(23-26-13)20(3,4)5)19(25)21-11-8-12-24-14(2)22-15-9-6-7-10-16(15)24/h6-7,9-10H,8,11-12H2,1-5H3,(H,21,25). The molecule has 6 nitrogen and oxygen atoms in total. The third-order valence-electron chi connectivity index (χ3n) is 4.49. The first-order valence-corrected chi connectivity index (χ1v) is 8.96. The van der Waals surface area contributed by atoms with Gasteiger partial charge in [-0.25, -0.2) is 4.98 Å². The quantitative estimate of drug-likeness (QED) is 0.708. The second-order valence-corrected chi connectivity index (χ2v) is 7.62. The van der Waals surface area contributed by atoms with Gasteiger partial charge in [-0.05, 0) is 32.4 Å². The normalized spacial score (nSPS) is 11.9. The average Bonchev–Trinajstić information content (AvgIpc) is 3.11. The Bertz CT molecular complexity index is 931. The third-order valence-corrected chi connectivity index (χ3v) is 4.49. The molecule has 6 heteroatoms. The number of aryl methyl sites for hydroxylation is 3. The van der Waals surface area contributed by atoms with E-state index in [0.717, 1.165) is 29.8 Å². The fourth-order valence-electron chi connectivity index (χ4n) is 3.16. The van der Waals surface area contributed by atoms with Crippen LogP contribution in [-0.2, 0) is 12.0 Å². The zero-order valence-electron chi connectivity index (χ0n) is 16.1. The molecule has 0 saturated carbocycles. The lowest BCUT2D eigenvalue weighted by Crippen LogP contribution is -2.28. The molecule has 2 heterocycles. The molecule has 1 N–H and O–H groups in total. The van der Waals surface area contributed by atoms with E-state index < -0.39 is 0 Å². The maximum Gasteiger partial charge on any atom is 0.256 e. The smallest absolute Gasteiger partial charge is 0.256 e. The van der Waals surface area contributed by atoms with Gasteiger partial charge in [-0.15, -0.1) is 0 Å². The lowest BCUT2D eigenvalue weighted by Gasteiger charge is -2.16. The zero-order chi connectivity index (χ0) is 18.9. The number of nitrogens with zero attached hydrogens (tertiary/aromatic N) is 3. The second kappa shape index (κ2) is 6.94. The number of para-hydroxylation sites is 2. The molecule has 0 fully saturated rings. The molecule has 0 unspecified atom stereocenters. The Balaban J connectivity index is 1.63. The van der Waals surface area contributed by atoms with Gasteiger partial charge in [0.05, 0.1) is 11.0 Å². The zero-order valence-corrected chi connectivity index (χ0v) is 16.1. The van der Waals surface area contributed by atoms with Crippen LogP contribution in [0.25, 0.3) is 11.0 Å². The second-order valence-electron chi connectivity index (χ2n) is 7.62. The van der Waals surface area contributed by atoms with Gasteiger partial charge < -0.3 is 14.4 Å². The number of carbonyl (C=O) groups is 1. The largest absolute Gasteiger partial charge is 0.361 e. The maximum atomic E-state index is 12.6. The summed E-state index contributed by atoms with van der Waals surface area (Å²) in [5.41, 5.74) is 3.15. The van der Waals surface area contributed by atoms with Gasteiger partial charge in [0.1, 0.15) is 22.8 Å². The molecule has 1 aromatic carbocycles. The number of benzene rings is 1. The minimum Gasteiger partial charge on any atom is -0.361 e. The number of hydrogen-bond donors (Lipinski definition) is 1. The van der Waals surface area contributed by atoms with E-state index in [1.54, 1.807) is 6.92 Å². The molecule has 3 rings (SSSR count). The Labute approximate surface area is 153 Å². The van der Waals surface area contributed by atoms with Crippen LogP contribution in [0.4, 0.5) is 0 Å². The summed E-state index contributed by atoms with van der Waals surface area (Å²) in [6.45, 7) is 11.2. The lowest BCUT2D eigenvalue weighted by atomic mass is 9.88. The van der Waals surface area contributed by atoms with Crippen LogP contribution in [0.5, 0.6) is 0 Å². The first kappa shape index (κ1) is 18.2. The van der Waals surface area contributed by atoms with Crippen molar-refractivity contribution in [2.45, 2.75) is 53.0 Å². The molecule has 0 spiro atoms. The Morgan fingerprint density at radius 1 is 1.23 bits per heavy atom. The van der Waals surface area contributed by atoms with E-state index in [0.29, 0.717) is 23.6 Å².